The van der Waals surface area contributed by atoms with E-state index in [2.05, 4.69) is 15.5 Å². The topological polar surface area (TPSA) is 95.7 Å². The number of nitrogens with one attached hydrogen (secondary N) is 1. The van der Waals surface area contributed by atoms with Crippen LogP contribution in [0.5, 0.6) is 0 Å². The zero-order chi connectivity index (χ0) is 17.6. The Bertz CT molecular complexity index is 532. The Kier molecular flexibility index (Phi) is 6.17. The summed E-state index contributed by atoms with van der Waals surface area (Å²) in [5.41, 5.74) is -1.32. The maximum atomic E-state index is 12.2. The van der Waals surface area contributed by atoms with Crippen molar-refractivity contribution >= 4 is 6.09 Å². The van der Waals surface area contributed by atoms with Crippen LogP contribution < -0.4 is 5.32 Å². The molecule has 24 heavy (non-hydrogen) atoms. The molecule has 0 spiro atoms. The zero-order valence-electron chi connectivity index (χ0n) is 14.9. The molecule has 1 aliphatic rings. The Labute approximate surface area is 142 Å². The van der Waals surface area contributed by atoms with Gasteiger partial charge in [0.05, 0.1) is 0 Å². The number of rotatable bonds is 6. The van der Waals surface area contributed by atoms with Gasteiger partial charge in [0.1, 0.15) is 17.7 Å². The van der Waals surface area contributed by atoms with Gasteiger partial charge in [-0.1, -0.05) is 12.1 Å². The van der Waals surface area contributed by atoms with Crippen molar-refractivity contribution < 1.29 is 23.5 Å². The van der Waals surface area contributed by atoms with Gasteiger partial charge in [0.2, 0.25) is 0 Å². The average molecular weight is 341 g/mol. The molecule has 2 heterocycles. The summed E-state index contributed by atoms with van der Waals surface area (Å²) in [5.74, 6) is 0.835. The maximum absolute atomic E-state index is 12.2. The lowest BCUT2D eigenvalue weighted by Crippen LogP contribution is -2.51. The molecule has 1 aromatic rings. The number of aromatic nitrogens is 2. The summed E-state index contributed by atoms with van der Waals surface area (Å²) in [7, 11) is 0. The summed E-state index contributed by atoms with van der Waals surface area (Å²) in [6.07, 6.45) is 1.53. The number of alkyl carbamates (subject to hydrolysis) is 1. The number of hydrogen-bond acceptors (Lipinski definition) is 7. The fourth-order valence-corrected chi connectivity index (χ4v) is 2.44. The van der Waals surface area contributed by atoms with Crippen molar-refractivity contribution in [1.82, 2.24) is 15.5 Å². The Balaban J connectivity index is 2.11. The van der Waals surface area contributed by atoms with Gasteiger partial charge in [0.25, 0.3) is 5.89 Å². The van der Waals surface area contributed by atoms with Crippen LogP contribution in [0.4, 0.5) is 4.79 Å². The molecule has 8 heteroatoms. The largest absolute Gasteiger partial charge is 0.444 e. The van der Waals surface area contributed by atoms with Gasteiger partial charge in [-0.15, -0.1) is 0 Å². The predicted molar refractivity (Wildman–Crippen MR) is 85.3 cm³/mol. The van der Waals surface area contributed by atoms with E-state index in [-0.39, 0.29) is 6.61 Å². The number of nitrogens with zero attached hydrogens (tertiary/aromatic N) is 2. The summed E-state index contributed by atoms with van der Waals surface area (Å²) in [6, 6.07) is 0. The second-order valence-corrected chi connectivity index (χ2v) is 6.89. The first-order valence-corrected chi connectivity index (χ1v) is 8.34. The van der Waals surface area contributed by atoms with Gasteiger partial charge in [-0.3, -0.25) is 0 Å². The van der Waals surface area contributed by atoms with Crippen LogP contribution in [0.25, 0.3) is 0 Å². The van der Waals surface area contributed by atoms with Crippen LogP contribution in [0.2, 0.25) is 0 Å². The van der Waals surface area contributed by atoms with Crippen molar-refractivity contribution in [2.45, 2.75) is 64.7 Å². The van der Waals surface area contributed by atoms with E-state index in [4.69, 9.17) is 18.7 Å². The second kappa shape index (κ2) is 7.94. The second-order valence-electron chi connectivity index (χ2n) is 6.89. The minimum absolute atomic E-state index is 0.264. The summed E-state index contributed by atoms with van der Waals surface area (Å²) >= 11 is 0. The molecule has 1 N–H and O–H groups in total. The average Bonchev–Trinajstić information content (AvgIpc) is 2.96. The molecule has 1 aromatic heterocycles. The Morgan fingerprint density at radius 2 is 2.04 bits per heavy atom. The normalized spacial score (nSPS) is 17.5. The third-order valence-electron chi connectivity index (χ3n) is 3.56. The number of hydrogen-bond donors (Lipinski definition) is 1. The van der Waals surface area contributed by atoms with E-state index in [1.165, 1.54) is 0 Å². The van der Waals surface area contributed by atoms with Crippen LogP contribution in [0.1, 0.15) is 58.7 Å². The lowest BCUT2D eigenvalue weighted by Gasteiger charge is -2.35. The van der Waals surface area contributed by atoms with E-state index in [0.29, 0.717) is 44.4 Å². The summed E-state index contributed by atoms with van der Waals surface area (Å²) in [6.45, 7) is 9.40. The number of amides is 1. The van der Waals surface area contributed by atoms with Crippen molar-refractivity contribution in [2.24, 2.45) is 0 Å². The fourth-order valence-electron chi connectivity index (χ4n) is 2.44. The smallest absolute Gasteiger partial charge is 0.408 e. The summed E-state index contributed by atoms with van der Waals surface area (Å²) in [5, 5.41) is 6.97. The van der Waals surface area contributed by atoms with E-state index >= 15 is 0 Å². The van der Waals surface area contributed by atoms with Gasteiger partial charge in [-0.05, 0) is 27.2 Å². The quantitative estimate of drug-likeness (QED) is 0.794. The monoisotopic (exact) mass is 341 g/mol. The SMILES string of the molecule is CCCOCc1nc(C2(NC(=O)OC(C)(C)C)CCOCC2)no1. The highest BCUT2D eigenvalue weighted by molar-refractivity contribution is 5.69. The first kappa shape index (κ1) is 18.7. The van der Waals surface area contributed by atoms with Crippen LogP contribution in [-0.2, 0) is 26.4 Å². The molecule has 0 aliphatic carbocycles. The highest BCUT2D eigenvalue weighted by Crippen LogP contribution is 2.30. The molecule has 1 aliphatic heterocycles. The molecule has 0 bridgehead atoms. The van der Waals surface area contributed by atoms with E-state index in [9.17, 15) is 4.79 Å². The standard InChI is InChI=1S/C16H27N3O5/c1-5-8-22-11-12-17-13(19-24-12)16(6-9-21-10-7-16)18-14(20)23-15(2,3)4/h5-11H2,1-4H3,(H,18,20). The van der Waals surface area contributed by atoms with E-state index in [1.807, 2.05) is 27.7 Å². The lowest BCUT2D eigenvalue weighted by atomic mass is 9.89. The van der Waals surface area contributed by atoms with Crippen molar-refractivity contribution in [1.29, 1.82) is 0 Å². The van der Waals surface area contributed by atoms with Crippen LogP contribution in [0.15, 0.2) is 4.52 Å². The molecule has 0 radical (unpaired) electrons. The van der Waals surface area contributed by atoms with Crippen LogP contribution in [0.3, 0.4) is 0 Å². The first-order valence-electron chi connectivity index (χ1n) is 8.34. The highest BCUT2D eigenvalue weighted by Gasteiger charge is 2.41. The Morgan fingerprint density at radius 1 is 1.33 bits per heavy atom. The van der Waals surface area contributed by atoms with Crippen LogP contribution in [-0.4, -0.2) is 41.7 Å². The lowest BCUT2D eigenvalue weighted by molar-refractivity contribution is 0.0126. The molecule has 0 aromatic carbocycles. The van der Waals surface area contributed by atoms with Gasteiger partial charge < -0.3 is 24.1 Å². The number of carbonyl (C=O) groups is 1. The van der Waals surface area contributed by atoms with Crippen LogP contribution >= 0.6 is 0 Å². The molecule has 8 nitrogen and oxygen atoms in total. The highest BCUT2D eigenvalue weighted by atomic mass is 16.6. The maximum Gasteiger partial charge on any atom is 0.408 e. The van der Waals surface area contributed by atoms with Crippen molar-refractivity contribution in [3.8, 4) is 0 Å². The molecule has 136 valence electrons. The zero-order valence-corrected chi connectivity index (χ0v) is 14.9. The Hall–Kier alpha value is -1.67. The van der Waals surface area contributed by atoms with Crippen LogP contribution in [0, 0.1) is 0 Å². The van der Waals surface area contributed by atoms with Gasteiger partial charge in [-0.2, -0.15) is 4.98 Å². The van der Waals surface area contributed by atoms with Gasteiger partial charge in [-0.25, -0.2) is 4.79 Å². The first-order chi connectivity index (χ1) is 11.3. The molecule has 1 saturated heterocycles. The molecular weight excluding hydrogens is 314 g/mol. The molecule has 1 amide bonds. The van der Waals surface area contributed by atoms with Crippen molar-refractivity contribution in [3.05, 3.63) is 11.7 Å². The minimum Gasteiger partial charge on any atom is -0.444 e. The van der Waals surface area contributed by atoms with Gasteiger partial charge in [0.15, 0.2) is 5.82 Å². The molecule has 0 saturated carbocycles. The Morgan fingerprint density at radius 3 is 2.67 bits per heavy atom. The minimum atomic E-state index is -0.743. The summed E-state index contributed by atoms with van der Waals surface area (Å²) in [4.78, 5) is 16.6. The van der Waals surface area contributed by atoms with Crippen molar-refractivity contribution in [3.63, 3.8) is 0 Å². The van der Waals surface area contributed by atoms with E-state index in [0.717, 1.165) is 6.42 Å². The van der Waals surface area contributed by atoms with Crippen molar-refractivity contribution in [2.75, 3.05) is 19.8 Å². The number of ether oxygens (including phenoxy) is 3. The van der Waals surface area contributed by atoms with E-state index in [1.54, 1.807) is 0 Å². The molecular formula is C16H27N3O5. The van der Waals surface area contributed by atoms with E-state index < -0.39 is 17.2 Å². The predicted octanol–water partition coefficient (Wildman–Crippen LogP) is 2.53. The van der Waals surface area contributed by atoms with Gasteiger partial charge in [0, 0.05) is 32.7 Å². The van der Waals surface area contributed by atoms with Gasteiger partial charge >= 0.3 is 6.09 Å². The third kappa shape index (κ3) is 5.17. The molecule has 0 unspecified atom stereocenters. The molecule has 1 fully saturated rings. The fraction of sp³-hybridized carbons (Fsp3) is 0.812. The molecule has 0 atom stereocenters. The number of carbonyl (C=O) groups excluding carboxylic acids is 1. The summed E-state index contributed by atoms with van der Waals surface area (Å²) < 4.78 is 21.5. The molecule has 2 rings (SSSR count). The third-order valence-corrected chi connectivity index (χ3v) is 3.56.